The third-order valence-corrected chi connectivity index (χ3v) is 4.37. The lowest BCUT2D eigenvalue weighted by Gasteiger charge is -2.22. The molecule has 0 bridgehead atoms. The number of esters is 1. The maximum atomic E-state index is 13.1. The second-order valence-electron chi connectivity index (χ2n) is 6.86. The second-order valence-corrected chi connectivity index (χ2v) is 6.86. The van der Waals surface area contributed by atoms with Gasteiger partial charge >= 0.3 is 5.97 Å². The molecule has 7 heteroatoms. The van der Waals surface area contributed by atoms with E-state index in [0.29, 0.717) is 5.56 Å². The van der Waals surface area contributed by atoms with Crippen LogP contribution in [-0.2, 0) is 32.0 Å². The fourth-order valence-corrected chi connectivity index (χ4v) is 2.99. The van der Waals surface area contributed by atoms with Gasteiger partial charge in [-0.25, -0.2) is 9.18 Å². The van der Waals surface area contributed by atoms with E-state index in [1.807, 2.05) is 31.2 Å². The van der Waals surface area contributed by atoms with Gasteiger partial charge in [0.2, 0.25) is 11.8 Å². The van der Waals surface area contributed by atoms with Crippen LogP contribution in [0.25, 0.3) is 0 Å². The molecule has 0 aliphatic rings. The van der Waals surface area contributed by atoms with Crippen LogP contribution in [0.2, 0.25) is 0 Å². The summed E-state index contributed by atoms with van der Waals surface area (Å²) in [4.78, 5) is 36.6. The van der Waals surface area contributed by atoms with Crippen LogP contribution in [0.4, 0.5) is 4.39 Å². The van der Waals surface area contributed by atoms with Crippen molar-refractivity contribution in [2.45, 2.75) is 38.8 Å². The summed E-state index contributed by atoms with van der Waals surface area (Å²) in [7, 11) is 1.25. The Balaban J connectivity index is 2.16. The molecule has 2 atom stereocenters. The summed E-state index contributed by atoms with van der Waals surface area (Å²) in [5, 5.41) is 5.25. The molecular weight excluding hydrogens is 375 g/mol. The van der Waals surface area contributed by atoms with Gasteiger partial charge in [0.1, 0.15) is 17.9 Å². The van der Waals surface area contributed by atoms with Crippen LogP contribution < -0.4 is 10.6 Å². The number of amides is 2. The molecule has 6 nitrogen and oxygen atoms in total. The molecule has 0 heterocycles. The summed E-state index contributed by atoms with van der Waals surface area (Å²) < 4.78 is 18.0. The van der Waals surface area contributed by atoms with Crippen LogP contribution in [0.5, 0.6) is 0 Å². The topological polar surface area (TPSA) is 84.5 Å². The summed E-state index contributed by atoms with van der Waals surface area (Å²) in [6.45, 7) is 3.24. The minimum absolute atomic E-state index is 0.157. The van der Waals surface area contributed by atoms with E-state index in [0.717, 1.165) is 11.1 Å². The Kier molecular flexibility index (Phi) is 7.88. The highest BCUT2D eigenvalue weighted by Crippen LogP contribution is 2.10. The molecular formula is C22H25FN2O4. The van der Waals surface area contributed by atoms with E-state index in [1.54, 1.807) is 12.1 Å². The van der Waals surface area contributed by atoms with Gasteiger partial charge in [-0.15, -0.1) is 0 Å². The molecule has 0 fully saturated rings. The Labute approximate surface area is 169 Å². The highest BCUT2D eigenvalue weighted by Gasteiger charge is 2.27. The minimum atomic E-state index is -0.914. The number of methoxy groups -OCH3 is 1. The largest absolute Gasteiger partial charge is 0.467 e. The van der Waals surface area contributed by atoms with Crippen LogP contribution in [0.15, 0.2) is 48.5 Å². The number of hydrogen-bond donors (Lipinski definition) is 2. The smallest absolute Gasteiger partial charge is 0.328 e. The summed E-state index contributed by atoms with van der Waals surface area (Å²) >= 11 is 0. The number of benzene rings is 2. The van der Waals surface area contributed by atoms with Crippen LogP contribution >= 0.6 is 0 Å². The predicted molar refractivity (Wildman–Crippen MR) is 107 cm³/mol. The highest BCUT2D eigenvalue weighted by atomic mass is 19.1. The van der Waals surface area contributed by atoms with Crippen LogP contribution in [0.1, 0.15) is 23.6 Å². The lowest BCUT2D eigenvalue weighted by atomic mass is 10.0. The first-order valence-electron chi connectivity index (χ1n) is 9.23. The number of nitrogens with one attached hydrogen (secondary N) is 2. The van der Waals surface area contributed by atoms with Crippen molar-refractivity contribution >= 4 is 17.8 Å². The standard InChI is InChI=1S/C22H25FN2O4/c1-14-5-4-6-17(11-14)13-20(22(28)29-3)25-21(27)19(24-15(2)26)12-16-7-9-18(23)10-8-16/h4-11,19-20H,12-13H2,1-3H3,(H,24,26)(H,25,27)/t19-,20-/m1/s1. The number of halogens is 1. The summed E-state index contributed by atoms with van der Waals surface area (Å²) in [5.41, 5.74) is 2.58. The first kappa shape index (κ1) is 22.1. The number of rotatable bonds is 8. The van der Waals surface area contributed by atoms with Crippen molar-refractivity contribution in [2.75, 3.05) is 7.11 Å². The van der Waals surface area contributed by atoms with Crippen molar-refractivity contribution < 1.29 is 23.5 Å². The third kappa shape index (κ3) is 7.03. The maximum absolute atomic E-state index is 13.1. The zero-order valence-electron chi connectivity index (χ0n) is 16.7. The van der Waals surface area contributed by atoms with E-state index in [2.05, 4.69) is 10.6 Å². The number of hydrogen-bond acceptors (Lipinski definition) is 4. The zero-order chi connectivity index (χ0) is 21.4. The van der Waals surface area contributed by atoms with Crippen molar-refractivity contribution in [3.63, 3.8) is 0 Å². The molecule has 0 aliphatic carbocycles. The van der Waals surface area contributed by atoms with E-state index in [1.165, 1.54) is 26.2 Å². The Hall–Kier alpha value is -3.22. The van der Waals surface area contributed by atoms with Gasteiger partial charge < -0.3 is 15.4 Å². The SMILES string of the molecule is COC(=O)[C@@H](Cc1cccc(C)c1)NC(=O)[C@@H](Cc1ccc(F)cc1)NC(C)=O. The quantitative estimate of drug-likeness (QED) is 0.665. The van der Waals surface area contributed by atoms with Crippen molar-refractivity contribution in [3.8, 4) is 0 Å². The molecule has 2 aromatic carbocycles. The number of aryl methyl sites for hydroxylation is 1. The first-order valence-corrected chi connectivity index (χ1v) is 9.23. The van der Waals surface area contributed by atoms with E-state index >= 15 is 0 Å². The van der Waals surface area contributed by atoms with Gasteiger partial charge in [-0.1, -0.05) is 42.0 Å². The maximum Gasteiger partial charge on any atom is 0.328 e. The van der Waals surface area contributed by atoms with Crippen LogP contribution in [0.3, 0.4) is 0 Å². The van der Waals surface area contributed by atoms with Crippen LogP contribution in [0, 0.1) is 12.7 Å². The van der Waals surface area contributed by atoms with E-state index in [9.17, 15) is 18.8 Å². The van der Waals surface area contributed by atoms with E-state index in [-0.39, 0.29) is 18.7 Å². The number of ether oxygens (including phenoxy) is 1. The summed E-state index contributed by atoms with van der Waals surface area (Å²) in [6.07, 6.45) is 0.410. The summed E-state index contributed by atoms with van der Waals surface area (Å²) in [6, 6.07) is 11.4. The third-order valence-electron chi connectivity index (χ3n) is 4.37. The number of carbonyl (C=O) groups excluding carboxylic acids is 3. The summed E-state index contributed by atoms with van der Waals surface area (Å²) in [5.74, 6) is -1.88. The van der Waals surface area contributed by atoms with Gasteiger partial charge in [0.15, 0.2) is 0 Å². The fourth-order valence-electron chi connectivity index (χ4n) is 2.99. The van der Waals surface area contributed by atoms with Crippen LogP contribution in [-0.4, -0.2) is 37.0 Å². The predicted octanol–water partition coefficient (Wildman–Crippen LogP) is 2.08. The average Bonchev–Trinajstić information content (AvgIpc) is 2.67. The molecule has 0 unspecified atom stereocenters. The Bertz CT molecular complexity index is 867. The highest BCUT2D eigenvalue weighted by molar-refractivity contribution is 5.90. The molecule has 2 N–H and O–H groups in total. The molecule has 154 valence electrons. The normalized spacial score (nSPS) is 12.6. The van der Waals surface area contributed by atoms with Crippen molar-refractivity contribution in [1.82, 2.24) is 10.6 Å². The molecule has 29 heavy (non-hydrogen) atoms. The first-order chi connectivity index (χ1) is 13.8. The van der Waals surface area contributed by atoms with E-state index < -0.39 is 29.8 Å². The van der Waals surface area contributed by atoms with Crippen molar-refractivity contribution in [3.05, 3.63) is 71.0 Å². The van der Waals surface area contributed by atoms with Gasteiger partial charge in [0, 0.05) is 19.8 Å². The number of carbonyl (C=O) groups is 3. The van der Waals surface area contributed by atoms with Crippen molar-refractivity contribution in [1.29, 1.82) is 0 Å². The van der Waals surface area contributed by atoms with Gasteiger partial charge in [-0.2, -0.15) is 0 Å². The Morgan fingerprint density at radius 3 is 2.21 bits per heavy atom. The molecule has 2 rings (SSSR count). The molecule has 0 aliphatic heterocycles. The Morgan fingerprint density at radius 2 is 1.62 bits per heavy atom. The molecule has 0 saturated carbocycles. The molecule has 0 saturated heterocycles. The second kappa shape index (κ2) is 10.4. The molecule has 2 aromatic rings. The van der Waals surface area contributed by atoms with Crippen molar-refractivity contribution in [2.24, 2.45) is 0 Å². The Morgan fingerprint density at radius 1 is 0.966 bits per heavy atom. The van der Waals surface area contributed by atoms with E-state index in [4.69, 9.17) is 4.74 Å². The lowest BCUT2D eigenvalue weighted by molar-refractivity contribution is -0.145. The van der Waals surface area contributed by atoms with Gasteiger partial charge in [0.05, 0.1) is 7.11 Å². The van der Waals surface area contributed by atoms with Gasteiger partial charge in [-0.3, -0.25) is 9.59 Å². The minimum Gasteiger partial charge on any atom is -0.467 e. The van der Waals surface area contributed by atoms with Gasteiger partial charge in [0.25, 0.3) is 0 Å². The monoisotopic (exact) mass is 400 g/mol. The average molecular weight is 400 g/mol. The molecule has 0 spiro atoms. The fraction of sp³-hybridized carbons (Fsp3) is 0.318. The lowest BCUT2D eigenvalue weighted by Crippen LogP contribution is -2.53. The molecule has 0 aromatic heterocycles. The molecule has 0 radical (unpaired) electrons. The molecule has 2 amide bonds. The zero-order valence-corrected chi connectivity index (χ0v) is 16.7. The van der Waals surface area contributed by atoms with Gasteiger partial charge in [-0.05, 0) is 30.2 Å².